The lowest BCUT2D eigenvalue weighted by Crippen LogP contribution is -2.12. The van der Waals surface area contributed by atoms with Crippen LogP contribution in [0.15, 0.2) is 164 Å². The molecule has 0 spiro atoms. The molecule has 2 heteroatoms. The summed E-state index contributed by atoms with van der Waals surface area (Å²) in [7, 11) is 0. The van der Waals surface area contributed by atoms with Crippen LogP contribution in [0.1, 0.15) is 5.56 Å². The van der Waals surface area contributed by atoms with Gasteiger partial charge in [0.15, 0.2) is 0 Å². The van der Waals surface area contributed by atoms with E-state index in [2.05, 4.69) is 180 Å². The first kappa shape index (κ1) is 25.6. The summed E-state index contributed by atoms with van der Waals surface area (Å²) in [6.07, 6.45) is 0. The number of rotatable bonds is 4. The van der Waals surface area contributed by atoms with Crippen molar-refractivity contribution in [1.82, 2.24) is 4.57 Å². The summed E-state index contributed by atoms with van der Waals surface area (Å²) in [5.41, 5.74) is 8.39. The van der Waals surface area contributed by atoms with Crippen molar-refractivity contribution in [2.24, 2.45) is 0 Å². The van der Waals surface area contributed by atoms with Gasteiger partial charge in [0.2, 0.25) is 0 Å². The molecule has 0 amide bonds. The van der Waals surface area contributed by atoms with Gasteiger partial charge in [-0.2, -0.15) is 0 Å². The monoisotopic (exact) mass is 574 g/mol. The Morgan fingerprint density at radius 1 is 0.422 bits per heavy atom. The maximum Gasteiger partial charge on any atom is 0.0620 e. The van der Waals surface area contributed by atoms with Gasteiger partial charge in [-0.3, -0.25) is 0 Å². The molecule has 0 aliphatic carbocycles. The van der Waals surface area contributed by atoms with Crippen LogP contribution in [0.3, 0.4) is 0 Å². The van der Waals surface area contributed by atoms with Crippen LogP contribution in [-0.2, 0) is 0 Å². The first-order valence-corrected chi connectivity index (χ1v) is 15.5. The van der Waals surface area contributed by atoms with E-state index in [0.29, 0.717) is 0 Å². The first-order valence-electron chi connectivity index (χ1n) is 15.5. The quantitative estimate of drug-likeness (QED) is 0.190. The highest BCUT2D eigenvalue weighted by molar-refractivity contribution is 6.23. The second kappa shape index (κ2) is 10.1. The van der Waals surface area contributed by atoms with Crippen molar-refractivity contribution in [2.45, 2.75) is 6.92 Å². The molecule has 1 aromatic heterocycles. The van der Waals surface area contributed by atoms with Gasteiger partial charge in [-0.15, -0.1) is 0 Å². The second-order valence-corrected chi connectivity index (χ2v) is 11.8. The molecule has 45 heavy (non-hydrogen) atoms. The smallest absolute Gasteiger partial charge is 0.0620 e. The van der Waals surface area contributed by atoms with Crippen molar-refractivity contribution in [3.63, 3.8) is 0 Å². The van der Waals surface area contributed by atoms with Gasteiger partial charge in [0, 0.05) is 43.7 Å². The fourth-order valence-corrected chi connectivity index (χ4v) is 7.30. The number of hydrogen-bond acceptors (Lipinski definition) is 1. The van der Waals surface area contributed by atoms with E-state index in [4.69, 9.17) is 0 Å². The minimum absolute atomic E-state index is 1.13. The minimum Gasteiger partial charge on any atom is -0.309 e. The Labute approximate surface area is 262 Å². The number of aromatic nitrogens is 1. The van der Waals surface area contributed by atoms with E-state index in [1.54, 1.807) is 0 Å². The summed E-state index contributed by atoms with van der Waals surface area (Å²) in [4.78, 5) is 2.43. The SMILES string of the molecule is Cc1cccc2c1c1ccccc1n2-c1c2ccccc2c(N(c2ccccc2)c2ccccc2)c2cc3ccccc3cc12. The number of aryl methyl sites for hydroxylation is 1. The summed E-state index contributed by atoms with van der Waals surface area (Å²) in [6, 6.07) is 59.5. The third-order valence-corrected chi connectivity index (χ3v) is 9.22. The van der Waals surface area contributed by atoms with Crippen LogP contribution in [-0.4, -0.2) is 4.57 Å². The fraction of sp³-hybridized carbons (Fsp3) is 0.0233. The molecule has 1 heterocycles. The molecular weight excluding hydrogens is 544 g/mol. The van der Waals surface area contributed by atoms with Crippen LogP contribution < -0.4 is 4.90 Å². The number of hydrogen-bond donors (Lipinski definition) is 0. The van der Waals surface area contributed by atoms with Gasteiger partial charge in [-0.25, -0.2) is 0 Å². The number of fused-ring (bicyclic) bond motifs is 6. The Kier molecular flexibility index (Phi) is 5.76. The van der Waals surface area contributed by atoms with Crippen molar-refractivity contribution in [3.8, 4) is 5.69 Å². The lowest BCUT2D eigenvalue weighted by atomic mass is 9.94. The summed E-state index contributed by atoms with van der Waals surface area (Å²) in [5.74, 6) is 0. The van der Waals surface area contributed by atoms with Crippen molar-refractivity contribution in [2.75, 3.05) is 4.90 Å². The normalized spacial score (nSPS) is 11.7. The van der Waals surface area contributed by atoms with Gasteiger partial charge in [0.25, 0.3) is 0 Å². The molecule has 0 unspecified atom stereocenters. The average molecular weight is 575 g/mol. The molecule has 0 atom stereocenters. The number of nitrogens with zero attached hydrogens (tertiary/aromatic N) is 2. The van der Waals surface area contributed by atoms with E-state index < -0.39 is 0 Å². The third kappa shape index (κ3) is 3.89. The molecule has 212 valence electrons. The zero-order valence-electron chi connectivity index (χ0n) is 25.0. The van der Waals surface area contributed by atoms with Gasteiger partial charge in [-0.1, -0.05) is 115 Å². The molecular formula is C43H30N2. The molecule has 0 fully saturated rings. The van der Waals surface area contributed by atoms with Gasteiger partial charge >= 0.3 is 0 Å². The molecule has 0 saturated carbocycles. The molecule has 0 radical (unpaired) electrons. The Morgan fingerprint density at radius 2 is 0.956 bits per heavy atom. The topological polar surface area (TPSA) is 8.17 Å². The van der Waals surface area contributed by atoms with E-state index in [1.165, 1.54) is 71.1 Å². The lowest BCUT2D eigenvalue weighted by Gasteiger charge is -2.30. The first-order chi connectivity index (χ1) is 22.3. The Hall–Kier alpha value is -5.86. The maximum absolute atomic E-state index is 2.51. The van der Waals surface area contributed by atoms with E-state index >= 15 is 0 Å². The van der Waals surface area contributed by atoms with Gasteiger partial charge < -0.3 is 9.47 Å². The molecule has 2 nitrogen and oxygen atoms in total. The summed E-state index contributed by atoms with van der Waals surface area (Å²) < 4.78 is 2.51. The van der Waals surface area contributed by atoms with Crippen LogP contribution in [0.5, 0.6) is 0 Å². The van der Waals surface area contributed by atoms with E-state index in [1.807, 2.05) is 0 Å². The van der Waals surface area contributed by atoms with E-state index in [0.717, 1.165) is 11.4 Å². The van der Waals surface area contributed by atoms with Crippen LogP contribution >= 0.6 is 0 Å². The molecule has 8 aromatic carbocycles. The third-order valence-electron chi connectivity index (χ3n) is 9.22. The van der Waals surface area contributed by atoms with Crippen LogP contribution in [0.4, 0.5) is 17.1 Å². The standard InChI is InChI=1S/C43H30N2/c1-29-15-14-26-40-41(29)36-24-12-13-25-39(36)45(40)43-35-23-11-10-22-34(35)42(37-27-30-16-8-9-17-31(30)28-38(37)43)44(32-18-4-2-5-19-32)33-20-6-3-7-21-33/h2-28H,1H3. The fourth-order valence-electron chi connectivity index (χ4n) is 7.30. The number of benzene rings is 8. The van der Waals surface area contributed by atoms with E-state index in [9.17, 15) is 0 Å². The predicted octanol–water partition coefficient (Wildman–Crippen LogP) is 12.0. The second-order valence-electron chi connectivity index (χ2n) is 11.8. The zero-order valence-corrected chi connectivity index (χ0v) is 25.0. The Balaban J connectivity index is 1.53. The largest absolute Gasteiger partial charge is 0.309 e. The maximum atomic E-state index is 2.51. The summed E-state index contributed by atoms with van der Waals surface area (Å²) >= 11 is 0. The molecule has 9 aromatic rings. The van der Waals surface area contributed by atoms with Crippen LogP contribution in [0.25, 0.3) is 59.8 Å². The molecule has 0 N–H and O–H groups in total. The van der Waals surface area contributed by atoms with Crippen molar-refractivity contribution < 1.29 is 0 Å². The Bertz CT molecular complexity index is 2500. The predicted molar refractivity (Wildman–Crippen MR) is 193 cm³/mol. The summed E-state index contributed by atoms with van der Waals surface area (Å²) in [5, 5.41) is 9.92. The minimum atomic E-state index is 1.13. The van der Waals surface area contributed by atoms with Gasteiger partial charge in [-0.05, 0) is 71.8 Å². The van der Waals surface area contributed by atoms with Crippen molar-refractivity contribution in [3.05, 3.63) is 169 Å². The zero-order chi connectivity index (χ0) is 29.9. The van der Waals surface area contributed by atoms with Crippen molar-refractivity contribution in [1.29, 1.82) is 0 Å². The molecule has 0 aliphatic heterocycles. The van der Waals surface area contributed by atoms with Crippen LogP contribution in [0, 0.1) is 6.92 Å². The molecule has 0 saturated heterocycles. The van der Waals surface area contributed by atoms with Gasteiger partial charge in [0.05, 0.1) is 22.4 Å². The highest BCUT2D eigenvalue weighted by Crippen LogP contribution is 2.48. The van der Waals surface area contributed by atoms with Crippen molar-refractivity contribution >= 4 is 71.2 Å². The molecule has 9 rings (SSSR count). The lowest BCUT2D eigenvalue weighted by molar-refractivity contribution is 1.21. The highest BCUT2D eigenvalue weighted by atomic mass is 15.1. The van der Waals surface area contributed by atoms with Crippen LogP contribution in [0.2, 0.25) is 0 Å². The highest BCUT2D eigenvalue weighted by Gasteiger charge is 2.24. The number of anilines is 3. The summed E-state index contributed by atoms with van der Waals surface area (Å²) in [6.45, 7) is 2.23. The Morgan fingerprint density at radius 3 is 1.64 bits per heavy atom. The van der Waals surface area contributed by atoms with E-state index in [-0.39, 0.29) is 0 Å². The molecule has 0 bridgehead atoms. The average Bonchev–Trinajstić information content (AvgIpc) is 3.43. The number of para-hydroxylation sites is 3. The van der Waals surface area contributed by atoms with Gasteiger partial charge in [0.1, 0.15) is 0 Å². The molecule has 0 aliphatic rings.